The molecule has 0 unspecified atom stereocenters. The first kappa shape index (κ1) is 18.3. The van der Waals surface area contributed by atoms with Gasteiger partial charge in [0, 0.05) is 24.6 Å². The number of benzene rings is 1. The predicted octanol–water partition coefficient (Wildman–Crippen LogP) is 3.60. The largest absolute Gasteiger partial charge is 0.493 e. The van der Waals surface area contributed by atoms with E-state index in [2.05, 4.69) is 4.90 Å². The first-order chi connectivity index (χ1) is 13.2. The standard InChI is InChI=1S/C22H29NO4/c1-2-26-22(25)19-13-17(19)14-23(18-6-4-3-5-7-18)21(24)16-8-9-20-15(12-16)10-11-27-20/h8-9,12,17-19H,2-7,10-11,13-14H2,1H3/t17-,19-/m1/s1. The molecule has 27 heavy (non-hydrogen) atoms. The monoisotopic (exact) mass is 371 g/mol. The molecule has 0 spiro atoms. The van der Waals surface area contributed by atoms with E-state index in [1.807, 2.05) is 25.1 Å². The van der Waals surface area contributed by atoms with Gasteiger partial charge >= 0.3 is 5.97 Å². The van der Waals surface area contributed by atoms with Gasteiger partial charge in [-0.1, -0.05) is 19.3 Å². The number of nitrogens with zero attached hydrogens (tertiary/aromatic N) is 1. The molecule has 0 N–H and O–H groups in total. The normalized spacial score (nSPS) is 24.0. The van der Waals surface area contributed by atoms with E-state index in [1.165, 1.54) is 19.3 Å². The van der Waals surface area contributed by atoms with Gasteiger partial charge in [0.05, 0.1) is 19.1 Å². The summed E-state index contributed by atoms with van der Waals surface area (Å²) in [5.41, 5.74) is 1.87. The van der Waals surface area contributed by atoms with Crippen LogP contribution >= 0.6 is 0 Å². The molecule has 2 atom stereocenters. The van der Waals surface area contributed by atoms with Crippen molar-refractivity contribution in [2.24, 2.45) is 11.8 Å². The van der Waals surface area contributed by atoms with Crippen LogP contribution in [0.4, 0.5) is 0 Å². The third-order valence-electron chi connectivity index (χ3n) is 6.16. The molecule has 5 nitrogen and oxygen atoms in total. The Hall–Kier alpha value is -2.04. The van der Waals surface area contributed by atoms with Crippen molar-refractivity contribution in [3.05, 3.63) is 29.3 Å². The van der Waals surface area contributed by atoms with Gasteiger partial charge in [0.25, 0.3) is 5.91 Å². The molecule has 0 bridgehead atoms. The molecule has 0 radical (unpaired) electrons. The smallest absolute Gasteiger partial charge is 0.309 e. The van der Waals surface area contributed by atoms with Crippen molar-refractivity contribution in [1.82, 2.24) is 4.90 Å². The molecule has 1 aromatic carbocycles. The SMILES string of the molecule is CCOC(=O)[C@@H]1C[C@@H]1CN(C(=O)c1ccc2c(c1)CCO2)C1CCCCC1. The number of hydrogen-bond acceptors (Lipinski definition) is 4. The summed E-state index contributed by atoms with van der Waals surface area (Å²) in [4.78, 5) is 27.4. The summed E-state index contributed by atoms with van der Waals surface area (Å²) < 4.78 is 10.7. The van der Waals surface area contributed by atoms with Crippen LogP contribution in [0.2, 0.25) is 0 Å². The highest BCUT2D eigenvalue weighted by atomic mass is 16.5. The minimum Gasteiger partial charge on any atom is -0.493 e. The Morgan fingerprint density at radius 1 is 1.22 bits per heavy atom. The molecule has 5 heteroatoms. The van der Waals surface area contributed by atoms with E-state index >= 15 is 0 Å². The molecule has 1 heterocycles. The summed E-state index contributed by atoms with van der Waals surface area (Å²) in [6.07, 6.45) is 7.45. The maximum absolute atomic E-state index is 13.4. The van der Waals surface area contributed by atoms with Gasteiger partial charge in [0.15, 0.2) is 0 Å². The first-order valence-corrected chi connectivity index (χ1v) is 10.4. The van der Waals surface area contributed by atoms with Gasteiger partial charge in [-0.15, -0.1) is 0 Å². The zero-order chi connectivity index (χ0) is 18.8. The second-order valence-corrected chi connectivity index (χ2v) is 8.02. The van der Waals surface area contributed by atoms with Crippen molar-refractivity contribution < 1.29 is 19.1 Å². The maximum Gasteiger partial charge on any atom is 0.309 e. The molecule has 1 aliphatic heterocycles. The van der Waals surface area contributed by atoms with Gasteiger partial charge in [-0.3, -0.25) is 9.59 Å². The minimum atomic E-state index is -0.103. The minimum absolute atomic E-state index is 0.0303. The van der Waals surface area contributed by atoms with E-state index in [0.29, 0.717) is 25.8 Å². The summed E-state index contributed by atoms with van der Waals surface area (Å²) in [5.74, 6) is 1.12. The number of carbonyl (C=O) groups is 2. The summed E-state index contributed by atoms with van der Waals surface area (Å²) in [7, 11) is 0. The Kier molecular flexibility index (Phi) is 5.37. The highest BCUT2D eigenvalue weighted by molar-refractivity contribution is 5.95. The fourth-order valence-corrected chi connectivity index (χ4v) is 4.52. The topological polar surface area (TPSA) is 55.8 Å². The van der Waals surface area contributed by atoms with Crippen LogP contribution in [-0.4, -0.2) is 42.6 Å². The lowest BCUT2D eigenvalue weighted by molar-refractivity contribution is -0.145. The Balaban J connectivity index is 1.49. The highest BCUT2D eigenvalue weighted by Crippen LogP contribution is 2.41. The molecule has 1 aromatic rings. The van der Waals surface area contributed by atoms with Crippen LogP contribution in [0.1, 0.15) is 61.4 Å². The second-order valence-electron chi connectivity index (χ2n) is 8.02. The fourth-order valence-electron chi connectivity index (χ4n) is 4.52. The van der Waals surface area contributed by atoms with Crippen LogP contribution in [-0.2, 0) is 16.0 Å². The van der Waals surface area contributed by atoms with Gasteiger partial charge in [0.1, 0.15) is 5.75 Å². The average Bonchev–Trinajstić information content (AvgIpc) is 3.32. The van der Waals surface area contributed by atoms with E-state index in [9.17, 15) is 9.59 Å². The number of rotatable bonds is 6. The predicted molar refractivity (Wildman–Crippen MR) is 102 cm³/mol. The molecule has 3 aliphatic rings. The number of hydrogen-bond donors (Lipinski definition) is 0. The van der Waals surface area contributed by atoms with Crippen LogP contribution < -0.4 is 4.74 Å². The number of carbonyl (C=O) groups excluding carboxylic acids is 2. The summed E-state index contributed by atoms with van der Waals surface area (Å²) >= 11 is 0. The van der Waals surface area contributed by atoms with Crippen molar-refractivity contribution in [3.63, 3.8) is 0 Å². The fraction of sp³-hybridized carbons (Fsp3) is 0.636. The van der Waals surface area contributed by atoms with E-state index in [4.69, 9.17) is 9.47 Å². The molecule has 0 aromatic heterocycles. The van der Waals surface area contributed by atoms with Crippen LogP contribution in [0.5, 0.6) is 5.75 Å². The highest BCUT2D eigenvalue weighted by Gasteiger charge is 2.46. The van der Waals surface area contributed by atoms with Crippen LogP contribution in [0.15, 0.2) is 18.2 Å². The lowest BCUT2D eigenvalue weighted by Crippen LogP contribution is -2.43. The Labute approximate surface area is 161 Å². The van der Waals surface area contributed by atoms with Gasteiger partial charge < -0.3 is 14.4 Å². The molecule has 1 amide bonds. The lowest BCUT2D eigenvalue weighted by atomic mass is 9.93. The van der Waals surface area contributed by atoms with Crippen LogP contribution in [0.25, 0.3) is 0 Å². The Morgan fingerprint density at radius 3 is 2.81 bits per heavy atom. The lowest BCUT2D eigenvalue weighted by Gasteiger charge is -2.35. The number of esters is 1. The third-order valence-corrected chi connectivity index (χ3v) is 6.16. The van der Waals surface area contributed by atoms with Gasteiger partial charge in [-0.2, -0.15) is 0 Å². The summed E-state index contributed by atoms with van der Waals surface area (Å²) in [6, 6.07) is 6.10. The molecule has 2 fully saturated rings. The number of fused-ring (bicyclic) bond motifs is 1. The molecule has 0 saturated heterocycles. The first-order valence-electron chi connectivity index (χ1n) is 10.4. The third kappa shape index (κ3) is 3.97. The Morgan fingerprint density at radius 2 is 2.04 bits per heavy atom. The van der Waals surface area contributed by atoms with E-state index < -0.39 is 0 Å². The van der Waals surface area contributed by atoms with Crippen molar-refractivity contribution in [1.29, 1.82) is 0 Å². The Bertz CT molecular complexity index is 710. The molecule has 4 rings (SSSR count). The van der Waals surface area contributed by atoms with Gasteiger partial charge in [-0.25, -0.2) is 0 Å². The zero-order valence-corrected chi connectivity index (χ0v) is 16.1. The molecule has 2 saturated carbocycles. The summed E-state index contributed by atoms with van der Waals surface area (Å²) in [5, 5.41) is 0. The number of ether oxygens (including phenoxy) is 2. The van der Waals surface area contributed by atoms with Crippen molar-refractivity contribution >= 4 is 11.9 Å². The zero-order valence-electron chi connectivity index (χ0n) is 16.1. The van der Waals surface area contributed by atoms with E-state index in [1.54, 1.807) is 0 Å². The maximum atomic E-state index is 13.4. The molecular formula is C22H29NO4. The van der Waals surface area contributed by atoms with E-state index in [0.717, 1.165) is 42.6 Å². The van der Waals surface area contributed by atoms with Gasteiger partial charge in [-0.05, 0) is 55.9 Å². The van der Waals surface area contributed by atoms with Crippen LogP contribution in [0.3, 0.4) is 0 Å². The van der Waals surface area contributed by atoms with Crippen molar-refractivity contribution in [3.8, 4) is 5.75 Å². The quantitative estimate of drug-likeness (QED) is 0.717. The molecule has 2 aliphatic carbocycles. The molecule has 146 valence electrons. The summed E-state index contributed by atoms with van der Waals surface area (Å²) in [6.45, 7) is 3.62. The van der Waals surface area contributed by atoms with Crippen molar-refractivity contribution in [2.45, 2.75) is 57.9 Å². The van der Waals surface area contributed by atoms with E-state index in [-0.39, 0.29) is 23.7 Å². The molecular weight excluding hydrogens is 342 g/mol. The number of amides is 1. The second kappa shape index (κ2) is 7.91. The van der Waals surface area contributed by atoms with Crippen LogP contribution in [0, 0.1) is 11.8 Å². The van der Waals surface area contributed by atoms with Crippen molar-refractivity contribution in [2.75, 3.05) is 19.8 Å². The van der Waals surface area contributed by atoms with Gasteiger partial charge in [0.2, 0.25) is 0 Å². The average molecular weight is 371 g/mol.